The first kappa shape index (κ1) is 22.2. The van der Waals surface area contributed by atoms with E-state index in [1.807, 2.05) is 43.3 Å². The molecule has 0 spiro atoms. The fourth-order valence-electron chi connectivity index (χ4n) is 3.24. The Labute approximate surface area is 181 Å². The number of methoxy groups -OCH3 is 3. The van der Waals surface area contributed by atoms with Crippen molar-refractivity contribution in [2.24, 2.45) is 0 Å². The molecule has 3 rings (SSSR count). The molecule has 0 aliphatic carbocycles. The second-order valence-electron chi connectivity index (χ2n) is 7.11. The number of hydrogen-bond donors (Lipinski definition) is 1. The summed E-state index contributed by atoms with van der Waals surface area (Å²) >= 11 is 0. The van der Waals surface area contributed by atoms with Crippen molar-refractivity contribution in [1.29, 1.82) is 0 Å². The molecule has 8 heteroatoms. The third-order valence-corrected chi connectivity index (χ3v) is 4.97. The molecule has 0 aliphatic heterocycles. The lowest BCUT2D eigenvalue weighted by Crippen LogP contribution is -2.34. The minimum absolute atomic E-state index is 0.0381. The number of benzene rings is 2. The van der Waals surface area contributed by atoms with Crippen LogP contribution in [0.2, 0.25) is 0 Å². The van der Waals surface area contributed by atoms with Crippen LogP contribution < -0.4 is 19.5 Å². The van der Waals surface area contributed by atoms with Crippen molar-refractivity contribution in [1.82, 2.24) is 15.4 Å². The van der Waals surface area contributed by atoms with Crippen molar-refractivity contribution in [2.45, 2.75) is 6.04 Å². The highest BCUT2D eigenvalue weighted by atomic mass is 16.5. The number of rotatable bonds is 9. The third kappa shape index (κ3) is 5.16. The number of carbonyl (C=O) groups excluding carboxylic acids is 1. The van der Waals surface area contributed by atoms with Crippen LogP contribution in [0.4, 0.5) is 0 Å². The first-order valence-corrected chi connectivity index (χ1v) is 9.74. The van der Waals surface area contributed by atoms with E-state index in [0.717, 1.165) is 11.3 Å². The van der Waals surface area contributed by atoms with Gasteiger partial charge in [-0.25, -0.2) is 0 Å². The molecule has 1 amide bonds. The molecular formula is C23H27N3O5. The summed E-state index contributed by atoms with van der Waals surface area (Å²) in [6, 6.07) is 14.6. The van der Waals surface area contributed by atoms with Gasteiger partial charge in [-0.15, -0.1) is 0 Å². The maximum atomic E-state index is 12.7. The molecule has 0 fully saturated rings. The van der Waals surface area contributed by atoms with Gasteiger partial charge in [0.1, 0.15) is 17.2 Å². The Hall–Kier alpha value is -3.52. The van der Waals surface area contributed by atoms with Crippen molar-refractivity contribution in [3.05, 3.63) is 59.8 Å². The van der Waals surface area contributed by atoms with Crippen LogP contribution >= 0.6 is 0 Å². The minimum Gasteiger partial charge on any atom is -0.497 e. The molecule has 0 bridgehead atoms. The Morgan fingerprint density at radius 3 is 2.45 bits per heavy atom. The average Bonchev–Trinajstić information content (AvgIpc) is 3.29. The third-order valence-electron chi connectivity index (χ3n) is 4.97. The van der Waals surface area contributed by atoms with Crippen molar-refractivity contribution >= 4 is 5.91 Å². The van der Waals surface area contributed by atoms with Crippen molar-refractivity contribution in [3.63, 3.8) is 0 Å². The number of carbonyl (C=O) groups is 1. The first-order valence-electron chi connectivity index (χ1n) is 9.74. The van der Waals surface area contributed by atoms with E-state index in [9.17, 15) is 4.79 Å². The highest BCUT2D eigenvalue weighted by molar-refractivity contribution is 5.93. The molecule has 1 heterocycles. The van der Waals surface area contributed by atoms with E-state index in [2.05, 4.69) is 10.5 Å². The number of nitrogens with one attached hydrogen (secondary N) is 1. The molecule has 164 valence electrons. The van der Waals surface area contributed by atoms with Gasteiger partial charge in [-0.05, 0) is 50.0 Å². The van der Waals surface area contributed by atoms with Gasteiger partial charge in [0.2, 0.25) is 0 Å². The van der Waals surface area contributed by atoms with E-state index >= 15 is 0 Å². The fraction of sp³-hybridized carbons (Fsp3) is 0.304. The van der Waals surface area contributed by atoms with Gasteiger partial charge >= 0.3 is 0 Å². The van der Waals surface area contributed by atoms with Crippen LogP contribution in [-0.4, -0.2) is 57.9 Å². The van der Waals surface area contributed by atoms with Gasteiger partial charge in [-0.2, -0.15) is 0 Å². The highest BCUT2D eigenvalue weighted by Crippen LogP contribution is 2.33. The molecule has 0 radical (unpaired) electrons. The van der Waals surface area contributed by atoms with E-state index in [0.29, 0.717) is 29.4 Å². The number of hydrogen-bond acceptors (Lipinski definition) is 7. The van der Waals surface area contributed by atoms with Crippen LogP contribution in [0, 0.1) is 0 Å². The summed E-state index contributed by atoms with van der Waals surface area (Å²) in [5, 5.41) is 6.86. The van der Waals surface area contributed by atoms with Gasteiger partial charge in [-0.3, -0.25) is 4.79 Å². The standard InChI is InChI=1S/C23H27N3O5/c1-26(2)20(15-7-6-8-16(11-15)28-3)14-24-23(27)19-13-22(31-25-19)18-12-17(29-4)9-10-21(18)30-5/h6-13,20H,14H2,1-5H3,(H,24,27)/t20-/m0/s1. The first-order chi connectivity index (χ1) is 15.0. The number of nitrogens with zero attached hydrogens (tertiary/aromatic N) is 2. The Balaban J connectivity index is 1.75. The van der Waals surface area contributed by atoms with E-state index in [-0.39, 0.29) is 17.6 Å². The second kappa shape index (κ2) is 9.99. The second-order valence-corrected chi connectivity index (χ2v) is 7.11. The SMILES string of the molecule is COc1cccc([C@H](CNC(=O)c2cc(-c3cc(OC)ccc3OC)on2)N(C)C)c1. The van der Waals surface area contributed by atoms with Crippen LogP contribution in [0.15, 0.2) is 53.1 Å². The quantitative estimate of drug-likeness (QED) is 0.562. The molecule has 1 atom stereocenters. The molecule has 31 heavy (non-hydrogen) atoms. The summed E-state index contributed by atoms with van der Waals surface area (Å²) in [5.41, 5.74) is 1.87. The van der Waals surface area contributed by atoms with Crippen molar-refractivity contribution < 1.29 is 23.5 Å². The zero-order valence-electron chi connectivity index (χ0n) is 18.3. The predicted molar refractivity (Wildman–Crippen MR) is 117 cm³/mol. The number of aromatic nitrogens is 1. The van der Waals surface area contributed by atoms with Gasteiger partial charge in [0.25, 0.3) is 5.91 Å². The Bertz CT molecular complexity index is 1030. The summed E-state index contributed by atoms with van der Waals surface area (Å²) in [4.78, 5) is 14.7. The molecule has 1 aromatic heterocycles. The van der Waals surface area contributed by atoms with Gasteiger partial charge in [-0.1, -0.05) is 17.3 Å². The molecule has 1 N–H and O–H groups in total. The lowest BCUT2D eigenvalue weighted by molar-refractivity contribution is 0.0933. The Morgan fingerprint density at radius 2 is 1.77 bits per heavy atom. The average molecular weight is 425 g/mol. The van der Waals surface area contributed by atoms with Gasteiger partial charge in [0.05, 0.1) is 32.9 Å². The van der Waals surface area contributed by atoms with E-state index in [1.54, 1.807) is 45.6 Å². The summed E-state index contributed by atoms with van der Waals surface area (Å²) in [6.07, 6.45) is 0. The van der Waals surface area contributed by atoms with Crippen LogP contribution in [0.3, 0.4) is 0 Å². The van der Waals surface area contributed by atoms with Gasteiger partial charge in [0, 0.05) is 12.6 Å². The molecular weight excluding hydrogens is 398 g/mol. The topological polar surface area (TPSA) is 86.1 Å². The normalized spacial score (nSPS) is 11.8. The van der Waals surface area contributed by atoms with Crippen LogP contribution in [0.25, 0.3) is 11.3 Å². The molecule has 2 aromatic carbocycles. The Kier molecular flexibility index (Phi) is 7.15. The van der Waals surface area contributed by atoms with Crippen LogP contribution in [0.5, 0.6) is 17.2 Å². The smallest absolute Gasteiger partial charge is 0.273 e. The van der Waals surface area contributed by atoms with Crippen LogP contribution in [0.1, 0.15) is 22.1 Å². The van der Waals surface area contributed by atoms with E-state index in [1.165, 1.54) is 0 Å². The van der Waals surface area contributed by atoms with Gasteiger partial charge in [0.15, 0.2) is 11.5 Å². The molecule has 0 unspecified atom stereocenters. The molecule has 0 saturated carbocycles. The summed E-state index contributed by atoms with van der Waals surface area (Å²) in [5.74, 6) is 2.09. The maximum Gasteiger partial charge on any atom is 0.273 e. The number of likely N-dealkylation sites (N-methyl/N-ethyl adjacent to an activating group) is 1. The maximum absolute atomic E-state index is 12.7. The monoisotopic (exact) mass is 425 g/mol. The summed E-state index contributed by atoms with van der Waals surface area (Å²) < 4.78 is 21.4. The van der Waals surface area contributed by atoms with E-state index in [4.69, 9.17) is 18.7 Å². The zero-order valence-corrected chi connectivity index (χ0v) is 18.3. The lowest BCUT2D eigenvalue weighted by Gasteiger charge is -2.25. The fourth-order valence-corrected chi connectivity index (χ4v) is 3.24. The Morgan fingerprint density at radius 1 is 1.03 bits per heavy atom. The molecule has 3 aromatic rings. The predicted octanol–water partition coefficient (Wildman–Crippen LogP) is 3.40. The van der Waals surface area contributed by atoms with Crippen molar-refractivity contribution in [2.75, 3.05) is 42.0 Å². The number of amides is 1. The van der Waals surface area contributed by atoms with Crippen LogP contribution in [-0.2, 0) is 0 Å². The molecule has 8 nitrogen and oxygen atoms in total. The van der Waals surface area contributed by atoms with E-state index < -0.39 is 0 Å². The highest BCUT2D eigenvalue weighted by Gasteiger charge is 2.20. The summed E-state index contributed by atoms with van der Waals surface area (Å²) in [7, 11) is 8.69. The summed E-state index contributed by atoms with van der Waals surface area (Å²) in [6.45, 7) is 0.393. The zero-order chi connectivity index (χ0) is 22.4. The van der Waals surface area contributed by atoms with Gasteiger partial charge < -0.3 is 29.0 Å². The molecule has 0 aliphatic rings. The largest absolute Gasteiger partial charge is 0.497 e. The molecule has 0 saturated heterocycles. The lowest BCUT2D eigenvalue weighted by atomic mass is 10.1. The minimum atomic E-state index is -0.327. The van der Waals surface area contributed by atoms with Crippen molar-refractivity contribution in [3.8, 4) is 28.6 Å². The number of ether oxygens (including phenoxy) is 3.